The topological polar surface area (TPSA) is 68.7 Å². The van der Waals surface area contributed by atoms with Crippen LogP contribution in [0, 0.1) is 0 Å². The Kier molecular flexibility index (Phi) is 6.11. The molecule has 7 heteroatoms. The second kappa shape index (κ2) is 8.52. The van der Waals surface area contributed by atoms with Crippen LogP contribution in [0.25, 0.3) is 11.3 Å². The molecule has 6 nitrogen and oxygen atoms in total. The van der Waals surface area contributed by atoms with Gasteiger partial charge in [-0.3, -0.25) is 14.5 Å². The van der Waals surface area contributed by atoms with Gasteiger partial charge in [0.25, 0.3) is 5.91 Å². The summed E-state index contributed by atoms with van der Waals surface area (Å²) >= 11 is 1.63. The highest BCUT2D eigenvalue weighted by atomic mass is 32.1. The fourth-order valence-electron chi connectivity index (χ4n) is 2.89. The van der Waals surface area contributed by atoms with Crippen LogP contribution in [0.15, 0.2) is 23.6 Å². The first kappa shape index (κ1) is 19.4. The predicted octanol–water partition coefficient (Wildman–Crippen LogP) is 3.83. The van der Waals surface area contributed by atoms with E-state index in [2.05, 4.69) is 11.9 Å². The van der Waals surface area contributed by atoms with Crippen LogP contribution in [0.4, 0.5) is 5.69 Å². The molecule has 1 atom stereocenters. The number of hydrogen-bond donors (Lipinski definition) is 0. The van der Waals surface area contributed by atoms with E-state index in [1.807, 2.05) is 30.5 Å². The summed E-state index contributed by atoms with van der Waals surface area (Å²) in [6, 6.07) is 5.62. The lowest BCUT2D eigenvalue weighted by atomic mass is 10.1. The molecule has 2 heterocycles. The summed E-state index contributed by atoms with van der Waals surface area (Å²) in [7, 11) is 0. The zero-order valence-electron chi connectivity index (χ0n) is 15.9. The first-order valence-electron chi connectivity index (χ1n) is 9.26. The number of carbonyl (C=O) groups is 2. The third kappa shape index (κ3) is 4.30. The molecule has 0 bridgehead atoms. The highest BCUT2D eigenvalue weighted by molar-refractivity contribution is 7.09. The third-order valence-corrected chi connectivity index (χ3v) is 5.14. The Morgan fingerprint density at radius 1 is 1.33 bits per heavy atom. The molecule has 0 aliphatic carbocycles. The predicted molar refractivity (Wildman–Crippen MR) is 105 cm³/mol. The van der Waals surface area contributed by atoms with Crippen LogP contribution in [0.3, 0.4) is 0 Å². The van der Waals surface area contributed by atoms with Crippen LogP contribution in [0.2, 0.25) is 0 Å². The highest BCUT2D eigenvalue weighted by Gasteiger charge is 2.33. The molecule has 0 radical (unpaired) electrons. The van der Waals surface area contributed by atoms with Crippen molar-refractivity contribution in [1.29, 1.82) is 0 Å². The first-order chi connectivity index (χ1) is 13.0. The van der Waals surface area contributed by atoms with E-state index in [-0.39, 0.29) is 12.5 Å². The van der Waals surface area contributed by atoms with Gasteiger partial charge in [0.2, 0.25) is 0 Å². The number of hydrogen-bond acceptors (Lipinski definition) is 6. The molecule has 1 aliphatic rings. The smallest absolute Gasteiger partial charge is 0.326 e. The van der Waals surface area contributed by atoms with Crippen molar-refractivity contribution in [1.82, 2.24) is 4.98 Å². The van der Waals surface area contributed by atoms with Crippen LogP contribution in [0.5, 0.6) is 5.75 Å². The van der Waals surface area contributed by atoms with Crippen molar-refractivity contribution in [3.8, 4) is 17.0 Å². The number of aromatic nitrogens is 1. The van der Waals surface area contributed by atoms with Gasteiger partial charge in [-0.2, -0.15) is 0 Å². The molecule has 2 aromatic rings. The first-order valence-corrected chi connectivity index (χ1v) is 10.1. The number of rotatable bonds is 7. The van der Waals surface area contributed by atoms with Crippen molar-refractivity contribution in [3.05, 3.63) is 28.6 Å². The van der Waals surface area contributed by atoms with E-state index in [1.54, 1.807) is 18.3 Å². The molecular formula is C20H24N2O4S. The minimum atomic E-state index is -0.641. The number of amides is 1. The quantitative estimate of drug-likeness (QED) is 0.674. The molecule has 1 unspecified atom stereocenters. The zero-order chi connectivity index (χ0) is 19.4. The van der Waals surface area contributed by atoms with Gasteiger partial charge in [0.15, 0.2) is 6.10 Å². The number of anilines is 1. The summed E-state index contributed by atoms with van der Waals surface area (Å²) in [5.74, 6) is -0.0919. The van der Waals surface area contributed by atoms with E-state index >= 15 is 0 Å². The standard InChI is InChI=1S/C20H24N2O4S/c1-4-6-18-21-15(12-27-18)14-7-8-17-16(10-14)22(20(24)13(3)26-17)11-19(23)25-9-5-2/h7-8,10,12-13H,4-6,9,11H2,1-3H3. The lowest BCUT2D eigenvalue weighted by molar-refractivity contribution is -0.143. The Morgan fingerprint density at radius 2 is 2.15 bits per heavy atom. The van der Waals surface area contributed by atoms with Crippen LogP contribution < -0.4 is 9.64 Å². The van der Waals surface area contributed by atoms with Gasteiger partial charge in [-0.25, -0.2) is 4.98 Å². The van der Waals surface area contributed by atoms with E-state index < -0.39 is 12.1 Å². The molecule has 0 saturated carbocycles. The Morgan fingerprint density at radius 3 is 2.89 bits per heavy atom. The Labute approximate surface area is 163 Å². The summed E-state index contributed by atoms with van der Waals surface area (Å²) in [5.41, 5.74) is 2.34. The second-order valence-corrected chi connectivity index (χ2v) is 7.41. The Hall–Kier alpha value is -2.41. The molecule has 1 amide bonds. The fourth-order valence-corrected chi connectivity index (χ4v) is 3.80. The van der Waals surface area contributed by atoms with Crippen LogP contribution in [-0.4, -0.2) is 36.1 Å². The molecule has 144 valence electrons. The maximum absolute atomic E-state index is 12.6. The average molecular weight is 388 g/mol. The molecule has 27 heavy (non-hydrogen) atoms. The van der Waals surface area contributed by atoms with Gasteiger partial charge in [0.05, 0.1) is 23.0 Å². The monoisotopic (exact) mass is 388 g/mol. The summed E-state index contributed by atoms with van der Waals surface area (Å²) in [6.07, 6.45) is 2.09. The minimum absolute atomic E-state index is 0.124. The van der Waals surface area contributed by atoms with Crippen molar-refractivity contribution in [2.75, 3.05) is 18.1 Å². The van der Waals surface area contributed by atoms with Gasteiger partial charge in [0, 0.05) is 10.9 Å². The molecule has 1 aromatic heterocycles. The van der Waals surface area contributed by atoms with E-state index in [4.69, 9.17) is 9.47 Å². The number of esters is 1. The molecule has 1 aromatic carbocycles. The summed E-state index contributed by atoms with van der Waals surface area (Å²) < 4.78 is 10.9. The largest absolute Gasteiger partial charge is 0.479 e. The molecule has 0 spiro atoms. The summed E-state index contributed by atoms with van der Waals surface area (Å²) in [5, 5.41) is 3.10. The van der Waals surface area contributed by atoms with Gasteiger partial charge in [-0.1, -0.05) is 13.8 Å². The van der Waals surface area contributed by atoms with E-state index in [9.17, 15) is 9.59 Å². The van der Waals surface area contributed by atoms with Crippen LogP contribution >= 0.6 is 11.3 Å². The van der Waals surface area contributed by atoms with Crippen molar-refractivity contribution in [3.63, 3.8) is 0 Å². The maximum atomic E-state index is 12.6. The number of nitrogens with zero attached hydrogens (tertiary/aromatic N) is 2. The molecule has 3 rings (SSSR count). The van der Waals surface area contributed by atoms with Gasteiger partial charge >= 0.3 is 5.97 Å². The Balaban J connectivity index is 1.90. The number of carbonyl (C=O) groups excluding carboxylic acids is 2. The van der Waals surface area contributed by atoms with Crippen molar-refractivity contribution in [2.24, 2.45) is 0 Å². The minimum Gasteiger partial charge on any atom is -0.479 e. The number of ether oxygens (including phenoxy) is 2. The zero-order valence-corrected chi connectivity index (χ0v) is 16.7. The number of fused-ring (bicyclic) bond motifs is 1. The summed E-state index contributed by atoms with van der Waals surface area (Å²) in [4.78, 5) is 30.8. The fraction of sp³-hybridized carbons (Fsp3) is 0.450. The molecule has 0 fully saturated rings. The van der Waals surface area contributed by atoms with Crippen molar-refractivity contribution < 1.29 is 19.1 Å². The van der Waals surface area contributed by atoms with Gasteiger partial charge in [-0.15, -0.1) is 11.3 Å². The molecule has 1 aliphatic heterocycles. The van der Waals surface area contributed by atoms with E-state index in [0.717, 1.165) is 35.5 Å². The summed E-state index contributed by atoms with van der Waals surface area (Å²) in [6.45, 7) is 5.96. The highest BCUT2D eigenvalue weighted by Crippen LogP contribution is 2.37. The lowest BCUT2D eigenvalue weighted by Crippen LogP contribution is -2.47. The van der Waals surface area contributed by atoms with Gasteiger partial charge < -0.3 is 9.47 Å². The number of aryl methyl sites for hydroxylation is 1. The van der Waals surface area contributed by atoms with E-state index in [1.165, 1.54) is 4.90 Å². The van der Waals surface area contributed by atoms with Crippen LogP contribution in [-0.2, 0) is 20.7 Å². The van der Waals surface area contributed by atoms with Crippen molar-refractivity contribution >= 4 is 28.9 Å². The van der Waals surface area contributed by atoms with Gasteiger partial charge in [-0.05, 0) is 44.4 Å². The van der Waals surface area contributed by atoms with Crippen molar-refractivity contribution in [2.45, 2.75) is 46.1 Å². The van der Waals surface area contributed by atoms with E-state index in [0.29, 0.717) is 18.0 Å². The molecular weight excluding hydrogens is 364 g/mol. The average Bonchev–Trinajstić information content (AvgIpc) is 3.12. The number of thiazole rings is 1. The number of benzene rings is 1. The third-order valence-electron chi connectivity index (χ3n) is 4.23. The second-order valence-electron chi connectivity index (χ2n) is 6.46. The SMILES string of the molecule is CCCOC(=O)CN1C(=O)C(C)Oc2ccc(-c3csc(CCC)n3)cc21. The lowest BCUT2D eigenvalue weighted by Gasteiger charge is -2.32. The normalized spacial score (nSPS) is 16.0. The Bertz CT molecular complexity index is 833. The molecule has 0 saturated heterocycles. The van der Waals surface area contributed by atoms with Gasteiger partial charge in [0.1, 0.15) is 12.3 Å². The maximum Gasteiger partial charge on any atom is 0.326 e. The molecule has 0 N–H and O–H groups in total. The van der Waals surface area contributed by atoms with Crippen LogP contribution in [0.1, 0.15) is 38.6 Å².